The average Bonchev–Trinajstić information content (AvgIpc) is 2.25. The molecule has 0 bridgehead atoms. The third kappa shape index (κ3) is 4.16. The van der Waals surface area contributed by atoms with Gasteiger partial charge in [-0.3, -0.25) is 0 Å². The zero-order valence-electron chi connectivity index (χ0n) is 8.83. The highest BCUT2D eigenvalue weighted by atomic mass is 32.2. The summed E-state index contributed by atoms with van der Waals surface area (Å²) in [5, 5.41) is 0. The summed E-state index contributed by atoms with van der Waals surface area (Å²) < 4.78 is 0. The summed E-state index contributed by atoms with van der Waals surface area (Å²) >= 11 is 1.94. The van der Waals surface area contributed by atoms with Crippen molar-refractivity contribution in [2.24, 2.45) is 5.73 Å². The molecular formula is C12H19NS. The number of hydrogen-bond acceptors (Lipinski definition) is 2. The Balaban J connectivity index is 2.29. The van der Waals surface area contributed by atoms with Crippen LogP contribution in [0.15, 0.2) is 29.2 Å². The number of rotatable bonds is 6. The minimum absolute atomic E-state index is 0.640. The van der Waals surface area contributed by atoms with Crippen LogP contribution in [0, 0.1) is 0 Å². The molecule has 0 fully saturated rings. The van der Waals surface area contributed by atoms with E-state index in [4.69, 9.17) is 5.73 Å². The van der Waals surface area contributed by atoms with Gasteiger partial charge in [0.1, 0.15) is 0 Å². The zero-order valence-corrected chi connectivity index (χ0v) is 9.65. The van der Waals surface area contributed by atoms with Crippen molar-refractivity contribution in [2.45, 2.75) is 37.6 Å². The number of nitrogens with two attached hydrogens (primary N) is 1. The molecule has 0 aliphatic heterocycles. The van der Waals surface area contributed by atoms with E-state index in [0.29, 0.717) is 6.54 Å². The molecule has 0 spiro atoms. The van der Waals surface area contributed by atoms with Gasteiger partial charge in [0.05, 0.1) is 0 Å². The molecule has 0 aliphatic rings. The van der Waals surface area contributed by atoms with E-state index in [1.54, 1.807) is 0 Å². The van der Waals surface area contributed by atoms with Gasteiger partial charge in [-0.2, -0.15) is 0 Å². The molecular weight excluding hydrogens is 190 g/mol. The van der Waals surface area contributed by atoms with Crippen LogP contribution in [0.25, 0.3) is 0 Å². The van der Waals surface area contributed by atoms with Crippen LogP contribution in [-0.4, -0.2) is 5.75 Å². The van der Waals surface area contributed by atoms with E-state index in [2.05, 4.69) is 31.2 Å². The van der Waals surface area contributed by atoms with E-state index in [1.165, 1.54) is 35.5 Å². The molecule has 0 unspecified atom stereocenters. The fourth-order valence-corrected chi connectivity index (χ4v) is 2.18. The Morgan fingerprint density at radius 1 is 1.14 bits per heavy atom. The topological polar surface area (TPSA) is 26.0 Å². The first-order valence-electron chi connectivity index (χ1n) is 5.28. The highest BCUT2D eigenvalue weighted by Gasteiger charge is 1.94. The van der Waals surface area contributed by atoms with Crippen molar-refractivity contribution in [3.05, 3.63) is 29.8 Å². The summed E-state index contributed by atoms with van der Waals surface area (Å²) in [5.41, 5.74) is 6.74. The first-order valence-corrected chi connectivity index (χ1v) is 6.27. The first-order chi connectivity index (χ1) is 6.86. The minimum atomic E-state index is 0.640. The van der Waals surface area contributed by atoms with Crippen LogP contribution in [0.5, 0.6) is 0 Å². The van der Waals surface area contributed by atoms with Crippen LogP contribution < -0.4 is 5.73 Å². The maximum absolute atomic E-state index is 5.53. The molecule has 0 atom stereocenters. The quantitative estimate of drug-likeness (QED) is 0.574. The largest absolute Gasteiger partial charge is 0.326 e. The van der Waals surface area contributed by atoms with Gasteiger partial charge in [0, 0.05) is 11.4 Å². The van der Waals surface area contributed by atoms with Crippen LogP contribution in [0.1, 0.15) is 31.7 Å². The van der Waals surface area contributed by atoms with Crippen molar-refractivity contribution in [2.75, 3.05) is 5.75 Å². The summed E-state index contributed by atoms with van der Waals surface area (Å²) in [6, 6.07) is 8.56. The Kier molecular flexibility index (Phi) is 5.72. The lowest BCUT2D eigenvalue weighted by atomic mass is 10.2. The standard InChI is InChI=1S/C12H19NS/c1-2-3-4-9-14-12-7-5-11(10-13)6-8-12/h5-8H,2-4,9-10,13H2,1H3. The second kappa shape index (κ2) is 6.91. The van der Waals surface area contributed by atoms with Gasteiger partial charge in [-0.05, 0) is 29.9 Å². The summed E-state index contributed by atoms with van der Waals surface area (Å²) in [5.74, 6) is 1.23. The van der Waals surface area contributed by atoms with Gasteiger partial charge in [-0.15, -0.1) is 11.8 Å². The highest BCUT2D eigenvalue weighted by molar-refractivity contribution is 7.99. The smallest absolute Gasteiger partial charge is 0.0178 e. The molecule has 1 rings (SSSR count). The van der Waals surface area contributed by atoms with Gasteiger partial charge in [0.2, 0.25) is 0 Å². The van der Waals surface area contributed by atoms with E-state index in [-0.39, 0.29) is 0 Å². The first kappa shape index (κ1) is 11.6. The summed E-state index contributed by atoms with van der Waals surface area (Å²) in [6.45, 7) is 2.88. The van der Waals surface area contributed by atoms with Crippen molar-refractivity contribution in [3.63, 3.8) is 0 Å². The van der Waals surface area contributed by atoms with E-state index >= 15 is 0 Å². The van der Waals surface area contributed by atoms with Gasteiger partial charge in [-0.25, -0.2) is 0 Å². The van der Waals surface area contributed by atoms with Crippen LogP contribution in [0.2, 0.25) is 0 Å². The van der Waals surface area contributed by atoms with Crippen molar-refractivity contribution >= 4 is 11.8 Å². The number of unbranched alkanes of at least 4 members (excludes halogenated alkanes) is 2. The molecule has 0 aromatic heterocycles. The summed E-state index contributed by atoms with van der Waals surface area (Å²) in [6.07, 6.45) is 3.96. The summed E-state index contributed by atoms with van der Waals surface area (Å²) in [7, 11) is 0. The van der Waals surface area contributed by atoms with Crippen molar-refractivity contribution in [3.8, 4) is 0 Å². The molecule has 1 aromatic carbocycles. The fraction of sp³-hybridized carbons (Fsp3) is 0.500. The minimum Gasteiger partial charge on any atom is -0.326 e. The lowest BCUT2D eigenvalue weighted by molar-refractivity contribution is 0.778. The Hall–Kier alpha value is -0.470. The Labute approximate surface area is 91.1 Å². The number of hydrogen-bond donors (Lipinski definition) is 1. The maximum atomic E-state index is 5.53. The van der Waals surface area contributed by atoms with Gasteiger partial charge in [0.15, 0.2) is 0 Å². The summed E-state index contributed by atoms with van der Waals surface area (Å²) in [4.78, 5) is 1.36. The van der Waals surface area contributed by atoms with E-state index in [0.717, 1.165) is 0 Å². The maximum Gasteiger partial charge on any atom is 0.0178 e. The Morgan fingerprint density at radius 2 is 1.86 bits per heavy atom. The number of benzene rings is 1. The SMILES string of the molecule is CCCCCSc1ccc(CN)cc1. The molecule has 14 heavy (non-hydrogen) atoms. The normalized spacial score (nSPS) is 10.4. The third-order valence-corrected chi connectivity index (χ3v) is 3.27. The van der Waals surface area contributed by atoms with Crippen molar-refractivity contribution in [1.29, 1.82) is 0 Å². The van der Waals surface area contributed by atoms with E-state index in [1.807, 2.05) is 11.8 Å². The van der Waals surface area contributed by atoms with Crippen molar-refractivity contribution in [1.82, 2.24) is 0 Å². The molecule has 0 radical (unpaired) electrons. The predicted molar refractivity (Wildman–Crippen MR) is 64.6 cm³/mol. The highest BCUT2D eigenvalue weighted by Crippen LogP contribution is 2.19. The van der Waals surface area contributed by atoms with E-state index < -0.39 is 0 Å². The molecule has 1 aromatic rings. The van der Waals surface area contributed by atoms with Crippen LogP contribution in [0.3, 0.4) is 0 Å². The fourth-order valence-electron chi connectivity index (χ4n) is 1.26. The Bertz CT molecular complexity index is 243. The van der Waals surface area contributed by atoms with Gasteiger partial charge >= 0.3 is 0 Å². The monoisotopic (exact) mass is 209 g/mol. The lowest BCUT2D eigenvalue weighted by Crippen LogP contribution is -1.94. The predicted octanol–water partition coefficient (Wildman–Crippen LogP) is 3.43. The molecule has 0 heterocycles. The Morgan fingerprint density at radius 3 is 2.43 bits per heavy atom. The van der Waals surface area contributed by atoms with Gasteiger partial charge in [0.25, 0.3) is 0 Å². The molecule has 78 valence electrons. The van der Waals surface area contributed by atoms with Crippen LogP contribution >= 0.6 is 11.8 Å². The molecule has 1 nitrogen and oxygen atoms in total. The number of thioether (sulfide) groups is 1. The van der Waals surface area contributed by atoms with E-state index in [9.17, 15) is 0 Å². The second-order valence-electron chi connectivity index (χ2n) is 3.40. The third-order valence-electron chi connectivity index (χ3n) is 2.18. The molecule has 2 N–H and O–H groups in total. The molecule has 2 heteroatoms. The van der Waals surface area contributed by atoms with Crippen molar-refractivity contribution < 1.29 is 0 Å². The zero-order chi connectivity index (χ0) is 10.2. The van der Waals surface area contributed by atoms with Gasteiger partial charge in [-0.1, -0.05) is 31.9 Å². The average molecular weight is 209 g/mol. The van der Waals surface area contributed by atoms with Crippen LogP contribution in [0.4, 0.5) is 0 Å². The molecule has 0 saturated heterocycles. The lowest BCUT2D eigenvalue weighted by Gasteiger charge is -2.02. The molecule has 0 amide bonds. The van der Waals surface area contributed by atoms with Gasteiger partial charge < -0.3 is 5.73 Å². The van der Waals surface area contributed by atoms with Crippen LogP contribution in [-0.2, 0) is 6.54 Å². The molecule has 0 aliphatic carbocycles. The molecule has 0 saturated carbocycles. The second-order valence-corrected chi connectivity index (χ2v) is 4.57.